The van der Waals surface area contributed by atoms with Crippen LogP contribution < -0.4 is 15.9 Å². The molecule has 0 heterocycles. The van der Waals surface area contributed by atoms with Crippen molar-refractivity contribution in [2.75, 3.05) is 0 Å². The molecular formula is C24H25N2P. The highest BCUT2D eigenvalue weighted by atomic mass is 31.2. The minimum absolute atomic E-state index is 0.932. The summed E-state index contributed by atoms with van der Waals surface area (Å²) in [5.74, 6) is 2.33. The van der Waals surface area contributed by atoms with Crippen LogP contribution in [-0.2, 0) is 0 Å². The van der Waals surface area contributed by atoms with E-state index in [9.17, 15) is 0 Å². The molecule has 0 fully saturated rings. The zero-order valence-electron chi connectivity index (χ0n) is 16.1. The molecule has 0 aliphatic heterocycles. The summed E-state index contributed by atoms with van der Waals surface area (Å²) in [6.07, 6.45) is 0. The Morgan fingerprint density at radius 1 is 0.593 bits per heavy atom. The summed E-state index contributed by atoms with van der Waals surface area (Å²) in [6.45, 7) is 3.97. The van der Waals surface area contributed by atoms with E-state index in [2.05, 4.69) is 107 Å². The second-order valence-corrected chi connectivity index (χ2v) is 9.90. The molecule has 0 atom stereocenters. The van der Waals surface area contributed by atoms with E-state index in [1.54, 1.807) is 0 Å². The van der Waals surface area contributed by atoms with Crippen LogP contribution in [0.15, 0.2) is 101 Å². The third-order valence-electron chi connectivity index (χ3n) is 4.28. The van der Waals surface area contributed by atoms with Crippen molar-refractivity contribution >= 4 is 40.0 Å². The van der Waals surface area contributed by atoms with Crippen molar-refractivity contribution in [1.82, 2.24) is 0 Å². The van der Waals surface area contributed by atoms with Crippen LogP contribution in [-0.4, -0.2) is 17.2 Å². The van der Waals surface area contributed by atoms with E-state index >= 15 is 0 Å². The molecule has 0 saturated carbocycles. The number of hydrogen-bond acceptors (Lipinski definition) is 2. The summed E-state index contributed by atoms with van der Waals surface area (Å²) in [5, 5.41) is 12.7. The average Bonchev–Trinajstić information content (AvgIpc) is 2.72. The lowest BCUT2D eigenvalue weighted by Crippen LogP contribution is -2.28. The molecule has 3 heteroatoms. The standard InChI is InChI=1S/C24H25N2P/c1-20(2)25-26-21(3)19-27(22-13-7-4-8-14-22,23-15-9-5-10-16-23)24-17-11-6-12-18-24/h4-19H,1-3H3/b26-21+. The Morgan fingerprint density at radius 2 is 0.963 bits per heavy atom. The van der Waals surface area contributed by atoms with Crippen molar-refractivity contribution in [3.05, 3.63) is 91.0 Å². The first-order valence-corrected chi connectivity index (χ1v) is 11.0. The molecule has 3 aromatic rings. The Balaban J connectivity index is 2.40. The van der Waals surface area contributed by atoms with Crippen LogP contribution in [0.1, 0.15) is 20.8 Å². The highest BCUT2D eigenvalue weighted by Gasteiger charge is 2.25. The fraction of sp³-hybridized carbons (Fsp3) is 0.125. The number of benzene rings is 3. The smallest absolute Gasteiger partial charge is 0.0610 e. The van der Waals surface area contributed by atoms with Crippen molar-refractivity contribution in [2.45, 2.75) is 20.8 Å². The molecule has 27 heavy (non-hydrogen) atoms. The van der Waals surface area contributed by atoms with Gasteiger partial charge in [-0.2, -0.15) is 10.2 Å². The zero-order valence-corrected chi connectivity index (χ0v) is 17.0. The summed E-state index contributed by atoms with van der Waals surface area (Å²) in [7, 11) is 0. The van der Waals surface area contributed by atoms with Crippen LogP contribution in [0.3, 0.4) is 0 Å². The van der Waals surface area contributed by atoms with Crippen LogP contribution in [0.2, 0.25) is 0 Å². The van der Waals surface area contributed by atoms with Gasteiger partial charge in [-0.1, -0.05) is 91.0 Å². The van der Waals surface area contributed by atoms with Crippen LogP contribution in [0.25, 0.3) is 0 Å². The quantitative estimate of drug-likeness (QED) is 0.354. The maximum atomic E-state index is 4.46. The van der Waals surface area contributed by atoms with Crippen LogP contribution in [0.4, 0.5) is 0 Å². The lowest BCUT2D eigenvalue weighted by atomic mass is 10.4. The molecule has 0 unspecified atom stereocenters. The number of rotatable bonds is 5. The Labute approximate surface area is 162 Å². The number of nitrogens with zero attached hydrogens (tertiary/aromatic N) is 2. The molecule has 0 radical (unpaired) electrons. The van der Waals surface area contributed by atoms with Crippen molar-refractivity contribution in [2.24, 2.45) is 10.2 Å². The predicted octanol–water partition coefficient (Wildman–Crippen LogP) is 4.64. The molecule has 0 N–H and O–H groups in total. The lowest BCUT2D eigenvalue weighted by Gasteiger charge is -2.28. The molecular weight excluding hydrogens is 347 g/mol. The van der Waals surface area contributed by atoms with Gasteiger partial charge in [0.1, 0.15) is 0 Å². The minimum atomic E-state index is -1.99. The first-order chi connectivity index (χ1) is 13.1. The summed E-state index contributed by atoms with van der Waals surface area (Å²) < 4.78 is 0. The topological polar surface area (TPSA) is 24.7 Å². The van der Waals surface area contributed by atoms with E-state index in [1.165, 1.54) is 15.9 Å². The third kappa shape index (κ3) is 4.35. The highest BCUT2D eigenvalue weighted by Crippen LogP contribution is 2.43. The molecule has 0 saturated heterocycles. The van der Waals surface area contributed by atoms with E-state index in [0.717, 1.165) is 11.4 Å². The molecule has 0 aliphatic carbocycles. The maximum Gasteiger partial charge on any atom is 0.0610 e. The van der Waals surface area contributed by atoms with Crippen LogP contribution >= 0.6 is 6.89 Å². The van der Waals surface area contributed by atoms with Crippen molar-refractivity contribution in [1.29, 1.82) is 0 Å². The van der Waals surface area contributed by atoms with Gasteiger partial charge in [0, 0.05) is 5.71 Å². The van der Waals surface area contributed by atoms with Gasteiger partial charge in [-0.3, -0.25) is 0 Å². The Morgan fingerprint density at radius 3 is 1.30 bits per heavy atom. The Bertz CT molecular complexity index is 881. The summed E-state index contributed by atoms with van der Waals surface area (Å²) >= 11 is 0. The molecule has 3 aromatic carbocycles. The van der Waals surface area contributed by atoms with Crippen molar-refractivity contribution < 1.29 is 0 Å². The van der Waals surface area contributed by atoms with Gasteiger partial charge >= 0.3 is 0 Å². The molecule has 3 rings (SSSR count). The molecule has 0 aliphatic rings. The minimum Gasteiger partial charge on any atom is -0.160 e. The summed E-state index contributed by atoms with van der Waals surface area (Å²) in [4.78, 5) is 0. The highest BCUT2D eigenvalue weighted by molar-refractivity contribution is 7.95. The molecule has 0 bridgehead atoms. The van der Waals surface area contributed by atoms with Gasteiger partial charge in [-0.25, -0.2) is 0 Å². The first-order valence-electron chi connectivity index (χ1n) is 9.10. The first kappa shape index (κ1) is 19.1. The van der Waals surface area contributed by atoms with Crippen LogP contribution in [0.5, 0.6) is 0 Å². The summed E-state index contributed by atoms with van der Waals surface area (Å²) in [6, 6.07) is 32.3. The van der Waals surface area contributed by atoms with E-state index in [4.69, 9.17) is 0 Å². The summed E-state index contributed by atoms with van der Waals surface area (Å²) in [5.41, 5.74) is 1.88. The lowest BCUT2D eigenvalue weighted by molar-refractivity contribution is 1.22. The fourth-order valence-electron chi connectivity index (χ4n) is 3.15. The zero-order chi connectivity index (χ0) is 19.1. The Hall–Kier alpha value is -2.70. The monoisotopic (exact) mass is 372 g/mol. The second-order valence-electron chi connectivity index (χ2n) is 6.65. The van der Waals surface area contributed by atoms with Gasteiger partial charge in [0.05, 0.1) is 5.71 Å². The largest absolute Gasteiger partial charge is 0.160 e. The fourth-order valence-corrected chi connectivity index (χ4v) is 7.03. The predicted molar refractivity (Wildman–Crippen MR) is 123 cm³/mol. The van der Waals surface area contributed by atoms with E-state index in [-0.39, 0.29) is 0 Å². The van der Waals surface area contributed by atoms with E-state index in [0.29, 0.717) is 0 Å². The van der Waals surface area contributed by atoms with Crippen LogP contribution in [0, 0.1) is 0 Å². The third-order valence-corrected chi connectivity index (χ3v) is 8.38. The number of hydrogen-bond donors (Lipinski definition) is 0. The van der Waals surface area contributed by atoms with Gasteiger partial charge in [0.25, 0.3) is 0 Å². The van der Waals surface area contributed by atoms with E-state index in [1.807, 2.05) is 20.8 Å². The molecule has 0 spiro atoms. The van der Waals surface area contributed by atoms with Crippen molar-refractivity contribution in [3.8, 4) is 0 Å². The van der Waals surface area contributed by atoms with Gasteiger partial charge in [-0.05, 0) is 49.4 Å². The maximum absolute atomic E-state index is 4.46. The van der Waals surface area contributed by atoms with Gasteiger partial charge in [-0.15, -0.1) is 0 Å². The molecule has 136 valence electrons. The van der Waals surface area contributed by atoms with Crippen molar-refractivity contribution in [3.63, 3.8) is 0 Å². The molecule has 2 nitrogen and oxygen atoms in total. The van der Waals surface area contributed by atoms with E-state index < -0.39 is 6.89 Å². The van der Waals surface area contributed by atoms with Gasteiger partial charge in [0.15, 0.2) is 0 Å². The normalized spacial score (nSPS) is 11.7. The second kappa shape index (κ2) is 8.79. The molecule has 0 aromatic heterocycles. The molecule has 0 amide bonds. The van der Waals surface area contributed by atoms with Gasteiger partial charge in [0.2, 0.25) is 0 Å². The van der Waals surface area contributed by atoms with Gasteiger partial charge < -0.3 is 0 Å². The SMILES string of the molecule is CC(C)=N/N=C(\C)C=P(c1ccccc1)(c1ccccc1)c1ccccc1. The Kier molecular flexibility index (Phi) is 6.21. The average molecular weight is 372 g/mol.